The number of carboxylic acid groups (broad SMARTS) is 1. The molecule has 2 aromatic rings. The molecule has 0 bridgehead atoms. The van der Waals surface area contributed by atoms with Crippen molar-refractivity contribution in [3.63, 3.8) is 0 Å². The maximum absolute atomic E-state index is 10.7. The summed E-state index contributed by atoms with van der Waals surface area (Å²) in [4.78, 5) is 12.7. The van der Waals surface area contributed by atoms with Gasteiger partial charge in [0.1, 0.15) is 5.75 Å². The van der Waals surface area contributed by atoms with Gasteiger partial charge >= 0.3 is 5.97 Å². The standard InChI is InChI=1S/C16H19NO3S/c1-11(12-3-5-13(20-2)6-4-12)17-10-15-8-7-14(21-15)9-16(18)19/h3-8,11,17H,9-10H2,1-2H3,(H,18,19). The van der Waals surface area contributed by atoms with E-state index >= 15 is 0 Å². The normalized spacial score (nSPS) is 12.1. The van der Waals surface area contributed by atoms with Gasteiger partial charge in [-0.3, -0.25) is 4.79 Å². The topological polar surface area (TPSA) is 58.6 Å². The van der Waals surface area contributed by atoms with Crippen molar-refractivity contribution in [2.24, 2.45) is 0 Å². The fraction of sp³-hybridized carbons (Fsp3) is 0.312. The van der Waals surface area contributed by atoms with Crippen LogP contribution in [0.5, 0.6) is 5.75 Å². The van der Waals surface area contributed by atoms with Gasteiger partial charge in [-0.25, -0.2) is 0 Å². The van der Waals surface area contributed by atoms with Gasteiger partial charge in [-0.2, -0.15) is 0 Å². The van der Waals surface area contributed by atoms with Crippen molar-refractivity contribution in [1.29, 1.82) is 0 Å². The molecule has 1 unspecified atom stereocenters. The zero-order chi connectivity index (χ0) is 15.2. The van der Waals surface area contributed by atoms with Crippen LogP contribution in [-0.4, -0.2) is 18.2 Å². The first-order valence-electron chi connectivity index (χ1n) is 6.75. The van der Waals surface area contributed by atoms with Gasteiger partial charge in [0.2, 0.25) is 0 Å². The van der Waals surface area contributed by atoms with Crippen LogP contribution in [0.2, 0.25) is 0 Å². The van der Waals surface area contributed by atoms with Crippen molar-refractivity contribution < 1.29 is 14.6 Å². The summed E-state index contributed by atoms with van der Waals surface area (Å²) in [5, 5.41) is 12.2. The third-order valence-electron chi connectivity index (χ3n) is 3.24. The van der Waals surface area contributed by atoms with Crippen molar-refractivity contribution in [2.75, 3.05) is 7.11 Å². The Morgan fingerprint density at radius 2 is 1.90 bits per heavy atom. The quantitative estimate of drug-likeness (QED) is 0.824. The second-order valence-electron chi connectivity index (χ2n) is 4.81. The summed E-state index contributed by atoms with van der Waals surface area (Å²) in [5.41, 5.74) is 1.19. The number of methoxy groups -OCH3 is 1. The maximum Gasteiger partial charge on any atom is 0.308 e. The number of carboxylic acids is 1. The van der Waals surface area contributed by atoms with E-state index in [0.717, 1.165) is 22.0 Å². The molecule has 0 aliphatic carbocycles. The Balaban J connectivity index is 1.89. The highest BCUT2D eigenvalue weighted by molar-refractivity contribution is 7.12. The molecule has 2 N–H and O–H groups in total. The molecule has 0 fully saturated rings. The number of benzene rings is 1. The van der Waals surface area contributed by atoms with Gasteiger partial charge < -0.3 is 15.2 Å². The van der Waals surface area contributed by atoms with Crippen LogP contribution >= 0.6 is 11.3 Å². The number of hydrogen-bond acceptors (Lipinski definition) is 4. The van der Waals surface area contributed by atoms with Gasteiger partial charge in [-0.1, -0.05) is 12.1 Å². The molecule has 0 saturated carbocycles. The van der Waals surface area contributed by atoms with E-state index in [4.69, 9.17) is 9.84 Å². The highest BCUT2D eigenvalue weighted by Crippen LogP contribution is 2.20. The van der Waals surface area contributed by atoms with E-state index < -0.39 is 5.97 Å². The van der Waals surface area contributed by atoms with Crippen molar-refractivity contribution in [2.45, 2.75) is 25.9 Å². The molecule has 2 rings (SSSR count). The molecule has 0 aliphatic heterocycles. The summed E-state index contributed by atoms with van der Waals surface area (Å²) < 4.78 is 5.15. The maximum atomic E-state index is 10.7. The summed E-state index contributed by atoms with van der Waals surface area (Å²) in [5.74, 6) is 0.0606. The van der Waals surface area contributed by atoms with Gasteiger partial charge in [0.05, 0.1) is 13.5 Å². The SMILES string of the molecule is COc1ccc(C(C)NCc2ccc(CC(=O)O)s2)cc1. The minimum absolute atomic E-state index is 0.0959. The first-order valence-corrected chi connectivity index (χ1v) is 7.57. The smallest absolute Gasteiger partial charge is 0.308 e. The second kappa shape index (κ2) is 7.24. The molecule has 21 heavy (non-hydrogen) atoms. The van der Waals surface area contributed by atoms with Crippen LogP contribution in [0.1, 0.15) is 28.3 Å². The number of aliphatic carboxylic acids is 1. The highest BCUT2D eigenvalue weighted by atomic mass is 32.1. The lowest BCUT2D eigenvalue weighted by Crippen LogP contribution is -2.17. The molecule has 1 aromatic carbocycles. The Morgan fingerprint density at radius 3 is 2.52 bits per heavy atom. The van der Waals surface area contributed by atoms with Gasteiger partial charge in [0, 0.05) is 22.3 Å². The molecule has 0 spiro atoms. The Morgan fingerprint density at radius 1 is 1.24 bits per heavy atom. The molecule has 112 valence electrons. The van der Waals surface area contributed by atoms with Gasteiger partial charge in [0.15, 0.2) is 0 Å². The third kappa shape index (κ3) is 4.58. The van der Waals surface area contributed by atoms with E-state index in [-0.39, 0.29) is 12.5 Å². The molecule has 1 heterocycles. The van der Waals surface area contributed by atoms with E-state index in [1.165, 1.54) is 5.56 Å². The molecule has 0 radical (unpaired) electrons. The van der Waals surface area contributed by atoms with Crippen LogP contribution in [0.3, 0.4) is 0 Å². The van der Waals surface area contributed by atoms with Crippen LogP contribution in [0, 0.1) is 0 Å². The van der Waals surface area contributed by atoms with Crippen molar-refractivity contribution >= 4 is 17.3 Å². The number of thiophene rings is 1. The Kier molecular flexibility index (Phi) is 5.36. The summed E-state index contributed by atoms with van der Waals surface area (Å²) in [6, 6.07) is 12.1. The number of ether oxygens (including phenoxy) is 1. The minimum atomic E-state index is -0.789. The fourth-order valence-electron chi connectivity index (χ4n) is 2.03. The number of carbonyl (C=O) groups is 1. The first-order chi connectivity index (χ1) is 10.1. The van der Waals surface area contributed by atoms with E-state index in [1.54, 1.807) is 18.4 Å². The fourth-order valence-corrected chi connectivity index (χ4v) is 2.99. The first kappa shape index (κ1) is 15.5. The summed E-state index contributed by atoms with van der Waals surface area (Å²) in [6.07, 6.45) is 0.0959. The van der Waals surface area contributed by atoms with E-state index in [9.17, 15) is 4.79 Å². The average Bonchev–Trinajstić information content (AvgIpc) is 2.91. The number of hydrogen-bond donors (Lipinski definition) is 2. The lowest BCUT2D eigenvalue weighted by molar-refractivity contribution is -0.136. The zero-order valence-corrected chi connectivity index (χ0v) is 12.9. The molecule has 0 amide bonds. The summed E-state index contributed by atoms with van der Waals surface area (Å²) in [6.45, 7) is 2.84. The van der Waals surface area contributed by atoms with E-state index in [1.807, 2.05) is 36.4 Å². The lowest BCUT2D eigenvalue weighted by Gasteiger charge is -2.14. The monoisotopic (exact) mass is 305 g/mol. The van der Waals surface area contributed by atoms with Crippen molar-refractivity contribution in [1.82, 2.24) is 5.32 Å². The van der Waals surface area contributed by atoms with Gasteiger partial charge in [-0.15, -0.1) is 11.3 Å². The Hall–Kier alpha value is -1.85. The number of nitrogens with one attached hydrogen (secondary N) is 1. The molecule has 0 aliphatic rings. The summed E-state index contributed by atoms with van der Waals surface area (Å²) in [7, 11) is 1.65. The van der Waals surface area contributed by atoms with Crippen LogP contribution < -0.4 is 10.1 Å². The predicted octanol–water partition coefficient (Wildman–Crippen LogP) is 3.23. The molecule has 5 heteroatoms. The van der Waals surface area contributed by atoms with Crippen LogP contribution in [-0.2, 0) is 17.8 Å². The van der Waals surface area contributed by atoms with Gasteiger partial charge in [0.25, 0.3) is 0 Å². The van der Waals surface area contributed by atoms with E-state index in [0.29, 0.717) is 0 Å². The summed E-state index contributed by atoms with van der Waals surface area (Å²) >= 11 is 1.54. The second-order valence-corrected chi connectivity index (χ2v) is 6.07. The Labute approximate surface area is 128 Å². The lowest BCUT2D eigenvalue weighted by atomic mass is 10.1. The Bertz CT molecular complexity index is 592. The van der Waals surface area contributed by atoms with Crippen molar-refractivity contribution in [3.05, 3.63) is 51.7 Å². The van der Waals surface area contributed by atoms with Crippen molar-refractivity contribution in [3.8, 4) is 5.75 Å². The third-order valence-corrected chi connectivity index (χ3v) is 4.33. The number of rotatable bonds is 7. The molecule has 1 atom stereocenters. The minimum Gasteiger partial charge on any atom is -0.497 e. The largest absolute Gasteiger partial charge is 0.497 e. The van der Waals surface area contributed by atoms with Crippen LogP contribution in [0.25, 0.3) is 0 Å². The van der Waals surface area contributed by atoms with E-state index in [2.05, 4.69) is 12.2 Å². The molecular formula is C16H19NO3S. The average molecular weight is 305 g/mol. The molecule has 1 aromatic heterocycles. The highest BCUT2D eigenvalue weighted by Gasteiger charge is 2.08. The molecule has 0 saturated heterocycles. The molecule has 4 nitrogen and oxygen atoms in total. The van der Waals surface area contributed by atoms with Crippen LogP contribution in [0.15, 0.2) is 36.4 Å². The van der Waals surface area contributed by atoms with Crippen LogP contribution in [0.4, 0.5) is 0 Å². The molecular weight excluding hydrogens is 286 g/mol. The zero-order valence-electron chi connectivity index (χ0n) is 12.1. The predicted molar refractivity (Wildman–Crippen MR) is 83.9 cm³/mol. The van der Waals surface area contributed by atoms with Gasteiger partial charge in [-0.05, 0) is 36.8 Å².